The molecule has 0 aliphatic carbocycles. The molecule has 1 aliphatic rings. The zero-order chi connectivity index (χ0) is 18.0. The fourth-order valence-corrected chi connectivity index (χ4v) is 6.40. The Labute approximate surface area is 157 Å². The Morgan fingerprint density at radius 3 is 2.16 bits per heavy atom. The molecule has 0 saturated heterocycles. The summed E-state index contributed by atoms with van der Waals surface area (Å²) >= 11 is 5.88. The van der Waals surface area contributed by atoms with Gasteiger partial charge in [0.2, 0.25) is 9.80 Å². The number of methoxy groups -OCH3 is 1. The zero-order valence-corrected chi connectivity index (χ0v) is 15.8. The number of hydrogen-bond acceptors (Lipinski definition) is 7. The largest absolute Gasteiger partial charge is 0.497 e. The second-order valence-corrected chi connectivity index (χ2v) is 9.23. The second-order valence-electron chi connectivity index (χ2n) is 4.72. The SMILES string of the molecule is COc1ccc(C2=NC(c3ccc(Cl)cc3)=S(O[Cl+3]([O-])([O-])[O-])S2)cc1. The van der Waals surface area contributed by atoms with Gasteiger partial charge in [0.25, 0.3) is 0 Å². The van der Waals surface area contributed by atoms with Crippen LogP contribution in [0.4, 0.5) is 0 Å². The fourth-order valence-electron chi connectivity index (χ4n) is 1.97. The lowest BCUT2D eigenvalue weighted by molar-refractivity contribution is -1.91. The van der Waals surface area contributed by atoms with Crippen molar-refractivity contribution in [3.8, 4) is 5.75 Å². The summed E-state index contributed by atoms with van der Waals surface area (Å²) in [6.45, 7) is 0. The smallest absolute Gasteiger partial charge is 0.200 e. The molecule has 1 atom stereocenters. The van der Waals surface area contributed by atoms with E-state index in [1.54, 1.807) is 55.6 Å². The number of halogens is 2. The summed E-state index contributed by atoms with van der Waals surface area (Å²) in [4.78, 5) is 4.83. The van der Waals surface area contributed by atoms with E-state index in [4.69, 9.17) is 16.3 Å². The molecule has 0 fully saturated rings. The minimum atomic E-state index is -4.58. The average Bonchev–Trinajstić information content (AvgIpc) is 2.97. The van der Waals surface area contributed by atoms with Gasteiger partial charge in [0.05, 0.1) is 17.4 Å². The molecule has 0 bridgehead atoms. The standard InChI is InChI=1S/C15H11Cl2NO5S2/c1-22-13-8-4-10(5-9-13)14-18-15(11-2-6-12(16)7-3-11)25(24-14)23-17(19,20)21/h2-9H,1H3. The van der Waals surface area contributed by atoms with Gasteiger partial charge in [-0.2, -0.15) is 14.0 Å². The molecule has 1 unspecified atom stereocenters. The van der Waals surface area contributed by atoms with Gasteiger partial charge in [-0.1, -0.05) is 23.7 Å². The van der Waals surface area contributed by atoms with E-state index in [2.05, 4.69) is 8.73 Å². The molecule has 25 heavy (non-hydrogen) atoms. The Morgan fingerprint density at radius 2 is 1.60 bits per heavy atom. The lowest BCUT2D eigenvalue weighted by atomic mass is 10.2. The van der Waals surface area contributed by atoms with Crippen LogP contribution in [-0.2, 0) is 3.74 Å². The molecule has 2 aromatic rings. The molecule has 1 aliphatic heterocycles. The normalized spacial score (nSPS) is 17.6. The predicted octanol–water partition coefficient (Wildman–Crippen LogP) is 1.03. The number of rotatable bonds is 5. The molecule has 2 aromatic carbocycles. The zero-order valence-electron chi connectivity index (χ0n) is 12.7. The molecular weight excluding hydrogens is 409 g/mol. The van der Waals surface area contributed by atoms with E-state index in [0.717, 1.165) is 16.4 Å². The van der Waals surface area contributed by atoms with Gasteiger partial charge in [-0.3, -0.25) is 0 Å². The van der Waals surface area contributed by atoms with Crippen LogP contribution in [-0.4, -0.2) is 17.1 Å². The third-order valence-corrected chi connectivity index (χ3v) is 7.55. The van der Waals surface area contributed by atoms with Crippen LogP contribution >= 0.6 is 32.2 Å². The van der Waals surface area contributed by atoms with Crippen LogP contribution in [0, 0.1) is 10.2 Å². The van der Waals surface area contributed by atoms with Gasteiger partial charge in [0.15, 0.2) is 0 Å². The first kappa shape index (κ1) is 18.7. The predicted molar refractivity (Wildman–Crippen MR) is 91.4 cm³/mol. The van der Waals surface area contributed by atoms with Crippen molar-refractivity contribution in [2.75, 3.05) is 7.11 Å². The summed E-state index contributed by atoms with van der Waals surface area (Å²) in [5.74, 6) is 0.685. The van der Waals surface area contributed by atoms with Gasteiger partial charge in [0, 0.05) is 26.9 Å². The van der Waals surface area contributed by atoms with Gasteiger partial charge < -0.3 is 4.74 Å². The minimum absolute atomic E-state index is 0.361. The number of aliphatic imine (C=N–C) groups is 1. The highest BCUT2D eigenvalue weighted by molar-refractivity contribution is 8.87. The van der Waals surface area contributed by atoms with Crippen molar-refractivity contribution in [2.45, 2.75) is 0 Å². The lowest BCUT2D eigenvalue weighted by Gasteiger charge is -2.12. The summed E-state index contributed by atoms with van der Waals surface area (Å²) < 4.78 is 42.9. The number of ether oxygens (including phenoxy) is 1. The maximum atomic E-state index is 11.0. The van der Waals surface area contributed by atoms with E-state index in [1.807, 2.05) is 0 Å². The summed E-state index contributed by atoms with van der Waals surface area (Å²) in [6, 6.07) is 13.8. The highest BCUT2D eigenvalue weighted by Gasteiger charge is 2.33. The van der Waals surface area contributed by atoms with E-state index in [9.17, 15) is 14.0 Å². The van der Waals surface area contributed by atoms with Crippen LogP contribution in [0.5, 0.6) is 5.75 Å². The number of benzene rings is 2. The highest BCUT2D eigenvalue weighted by atomic mass is 35.7. The van der Waals surface area contributed by atoms with E-state index in [0.29, 0.717) is 26.4 Å². The first-order valence-corrected chi connectivity index (χ1v) is 10.8. The molecule has 3 rings (SSSR count). The monoisotopic (exact) mass is 419 g/mol. The highest BCUT2D eigenvalue weighted by Crippen LogP contribution is 2.45. The van der Waals surface area contributed by atoms with Gasteiger partial charge in [0.1, 0.15) is 19.5 Å². The number of hydrogen-bond donors (Lipinski definition) is 0. The molecule has 0 N–H and O–H groups in total. The summed E-state index contributed by atoms with van der Waals surface area (Å²) in [7, 11) is -3.34. The third kappa shape index (κ3) is 4.75. The van der Waals surface area contributed by atoms with Gasteiger partial charge in [-0.05, 0) is 36.4 Å². The van der Waals surface area contributed by atoms with Crippen molar-refractivity contribution in [3.05, 3.63) is 64.7 Å². The molecule has 0 saturated carbocycles. The fraction of sp³-hybridized carbons (Fsp3) is 0.0667. The van der Waals surface area contributed by atoms with E-state index in [1.165, 1.54) is 0 Å². The van der Waals surface area contributed by atoms with Crippen LogP contribution in [0.2, 0.25) is 5.02 Å². The quantitative estimate of drug-likeness (QED) is 0.529. The van der Waals surface area contributed by atoms with Crippen molar-refractivity contribution < 1.29 is 32.7 Å². The van der Waals surface area contributed by atoms with Gasteiger partial charge >= 0.3 is 0 Å². The molecule has 132 valence electrons. The van der Waals surface area contributed by atoms with Crippen LogP contribution < -0.4 is 18.7 Å². The molecule has 1 heterocycles. The van der Waals surface area contributed by atoms with Crippen LogP contribution in [0.1, 0.15) is 11.1 Å². The second kappa shape index (κ2) is 7.65. The van der Waals surface area contributed by atoms with Crippen LogP contribution in [0.3, 0.4) is 0 Å². The van der Waals surface area contributed by atoms with E-state index >= 15 is 0 Å². The van der Waals surface area contributed by atoms with Crippen LogP contribution in [0.25, 0.3) is 0 Å². The van der Waals surface area contributed by atoms with E-state index < -0.39 is 20.0 Å². The number of nitrogens with zero attached hydrogens (tertiary/aromatic N) is 1. The average molecular weight is 420 g/mol. The molecular formula is C15H11Cl2NO5S2. The molecule has 0 spiro atoms. The van der Waals surface area contributed by atoms with Gasteiger partial charge in [-0.25, -0.2) is 4.99 Å². The van der Waals surface area contributed by atoms with Crippen molar-refractivity contribution in [3.63, 3.8) is 0 Å². The Balaban J connectivity index is 1.96. The van der Waals surface area contributed by atoms with Crippen molar-refractivity contribution >= 4 is 42.2 Å². The van der Waals surface area contributed by atoms with E-state index in [-0.39, 0.29) is 0 Å². The summed E-state index contributed by atoms with van der Waals surface area (Å²) in [5, 5.41) is 1.08. The van der Waals surface area contributed by atoms with Crippen LogP contribution in [0.15, 0.2) is 53.5 Å². The Kier molecular flexibility index (Phi) is 5.71. The first-order chi connectivity index (χ1) is 11.9. The van der Waals surface area contributed by atoms with Crippen molar-refractivity contribution in [1.29, 1.82) is 0 Å². The molecule has 0 amide bonds. The Morgan fingerprint density at radius 1 is 1.00 bits per heavy atom. The maximum Gasteiger partial charge on any atom is 0.200 e. The Bertz CT molecular complexity index is 832. The Hall–Kier alpha value is -1.10. The summed E-state index contributed by atoms with van der Waals surface area (Å²) in [5.41, 5.74) is 1.39. The molecule has 0 radical (unpaired) electrons. The van der Waals surface area contributed by atoms with Gasteiger partial charge in [-0.15, -0.1) is 0 Å². The third-order valence-electron chi connectivity index (χ3n) is 3.08. The molecule has 10 heteroatoms. The first-order valence-electron chi connectivity index (χ1n) is 6.75. The molecule has 0 aromatic heterocycles. The minimum Gasteiger partial charge on any atom is -0.497 e. The lowest BCUT2D eigenvalue weighted by Crippen LogP contribution is -2.60. The van der Waals surface area contributed by atoms with Crippen molar-refractivity contribution in [1.82, 2.24) is 0 Å². The molecule has 6 nitrogen and oxygen atoms in total. The topological polar surface area (TPSA) is 100 Å². The maximum absolute atomic E-state index is 11.0. The van der Waals surface area contributed by atoms with Crippen molar-refractivity contribution in [2.24, 2.45) is 4.99 Å². The summed E-state index contributed by atoms with van der Waals surface area (Å²) in [6.07, 6.45) is 0.